The van der Waals surface area contributed by atoms with Crippen LogP contribution in [0.3, 0.4) is 0 Å². The Bertz CT molecular complexity index is 544. The number of sulfonamides is 1. The van der Waals surface area contributed by atoms with Gasteiger partial charge in [0.1, 0.15) is 0 Å². The zero-order valence-corrected chi connectivity index (χ0v) is 8.53. The van der Waals surface area contributed by atoms with Crippen LogP contribution in [-0.2, 0) is 10.0 Å². The molecule has 0 spiro atoms. The molecule has 2 rings (SSSR count). The fourth-order valence-electron chi connectivity index (χ4n) is 1.24. The van der Waals surface area contributed by atoms with Gasteiger partial charge in [-0.05, 0) is 17.7 Å². The third-order valence-corrected chi connectivity index (χ3v) is 2.92. The van der Waals surface area contributed by atoms with Gasteiger partial charge in [-0.15, -0.1) is 0 Å². The highest BCUT2D eigenvalue weighted by molar-refractivity contribution is 7.89. The van der Waals surface area contributed by atoms with Gasteiger partial charge in [0, 0.05) is 0 Å². The van der Waals surface area contributed by atoms with E-state index < -0.39 is 10.0 Å². The summed E-state index contributed by atoms with van der Waals surface area (Å²) in [7, 11) is -3.61. The second kappa shape index (κ2) is 3.48. The van der Waals surface area contributed by atoms with Crippen LogP contribution < -0.4 is 5.14 Å². The lowest BCUT2D eigenvalue weighted by atomic mass is 10.2. The zero-order chi connectivity index (χ0) is 10.9. The van der Waals surface area contributed by atoms with Crippen molar-refractivity contribution < 1.29 is 8.42 Å². The summed E-state index contributed by atoms with van der Waals surface area (Å²) in [6, 6.07) is 6.28. The van der Waals surface area contributed by atoms with Crippen LogP contribution in [0.4, 0.5) is 0 Å². The summed E-state index contributed by atoms with van der Waals surface area (Å²) in [5.74, 6) is 0. The van der Waals surface area contributed by atoms with E-state index in [1.165, 1.54) is 12.1 Å². The Morgan fingerprint density at radius 3 is 2.33 bits per heavy atom. The first-order valence-electron chi connectivity index (χ1n) is 4.19. The minimum absolute atomic E-state index is 0.103. The van der Waals surface area contributed by atoms with Crippen molar-refractivity contribution in [2.75, 3.05) is 0 Å². The van der Waals surface area contributed by atoms with E-state index in [9.17, 15) is 8.42 Å². The number of nitrogens with one attached hydrogen (secondary N) is 1. The van der Waals surface area contributed by atoms with Gasteiger partial charge in [-0.25, -0.2) is 18.5 Å². The van der Waals surface area contributed by atoms with Crippen LogP contribution in [0.15, 0.2) is 41.7 Å². The number of nitrogens with two attached hydrogens (primary N) is 1. The Morgan fingerprint density at radius 1 is 1.20 bits per heavy atom. The van der Waals surface area contributed by atoms with Crippen LogP contribution in [0.2, 0.25) is 0 Å². The van der Waals surface area contributed by atoms with Crippen LogP contribution in [0.5, 0.6) is 0 Å². The molecule has 0 aliphatic heterocycles. The van der Waals surface area contributed by atoms with E-state index in [4.69, 9.17) is 5.14 Å². The molecule has 1 aromatic carbocycles. The molecule has 0 radical (unpaired) electrons. The van der Waals surface area contributed by atoms with Crippen LogP contribution in [0, 0.1) is 0 Å². The predicted octanol–water partition coefficient (Wildman–Crippen LogP) is 0.724. The number of primary sulfonamides is 1. The predicted molar refractivity (Wildman–Crippen MR) is 55.4 cm³/mol. The second-order valence-electron chi connectivity index (χ2n) is 3.03. The van der Waals surface area contributed by atoms with Gasteiger partial charge >= 0.3 is 0 Å². The highest BCUT2D eigenvalue weighted by Gasteiger charge is 2.07. The Labute approximate surface area is 87.0 Å². The molecule has 0 saturated carbocycles. The molecule has 0 unspecified atom stereocenters. The van der Waals surface area contributed by atoms with E-state index in [2.05, 4.69) is 9.97 Å². The number of rotatable bonds is 2. The summed E-state index contributed by atoms with van der Waals surface area (Å²) in [6.45, 7) is 0. The average molecular weight is 223 g/mol. The van der Waals surface area contributed by atoms with Crippen molar-refractivity contribution in [1.29, 1.82) is 0 Å². The molecule has 15 heavy (non-hydrogen) atoms. The molecule has 0 saturated heterocycles. The molecule has 78 valence electrons. The molecule has 1 aromatic heterocycles. The minimum Gasteiger partial charge on any atom is -0.345 e. The number of H-pyrrole nitrogens is 1. The van der Waals surface area contributed by atoms with E-state index in [0.29, 0.717) is 0 Å². The van der Waals surface area contributed by atoms with E-state index >= 15 is 0 Å². The summed E-state index contributed by atoms with van der Waals surface area (Å²) >= 11 is 0. The number of hydrogen-bond donors (Lipinski definition) is 2. The Balaban J connectivity index is 2.42. The molecule has 2 aromatic rings. The SMILES string of the molecule is NS(=O)(=O)c1ccc(-c2cnc[nH]2)cc1. The molecule has 0 bridgehead atoms. The van der Waals surface area contributed by atoms with Crippen LogP contribution >= 0.6 is 0 Å². The summed E-state index contributed by atoms with van der Waals surface area (Å²) in [5, 5.41) is 4.98. The summed E-state index contributed by atoms with van der Waals surface area (Å²) in [5.41, 5.74) is 1.69. The first-order valence-corrected chi connectivity index (χ1v) is 5.73. The number of nitrogens with zero attached hydrogens (tertiary/aromatic N) is 1. The molecule has 3 N–H and O–H groups in total. The second-order valence-corrected chi connectivity index (χ2v) is 4.60. The maximum absolute atomic E-state index is 11.0. The quantitative estimate of drug-likeness (QED) is 0.786. The minimum atomic E-state index is -3.61. The third kappa shape index (κ3) is 2.05. The third-order valence-electron chi connectivity index (χ3n) is 1.99. The fraction of sp³-hybridized carbons (Fsp3) is 0. The normalized spacial score (nSPS) is 11.5. The highest BCUT2D eigenvalue weighted by Crippen LogP contribution is 2.17. The molecule has 0 aliphatic rings. The number of imidazole rings is 1. The number of benzene rings is 1. The van der Waals surface area contributed by atoms with Crippen LogP contribution in [0.1, 0.15) is 0 Å². The monoisotopic (exact) mass is 223 g/mol. The topological polar surface area (TPSA) is 88.8 Å². The maximum atomic E-state index is 11.0. The standard InChI is InChI=1S/C9H9N3O2S/c10-15(13,14)8-3-1-7(2-4-8)9-5-11-6-12-9/h1-6H,(H,11,12)(H2,10,13,14). The fourth-order valence-corrected chi connectivity index (χ4v) is 1.75. The Hall–Kier alpha value is -1.66. The molecule has 0 aliphatic carbocycles. The van der Waals surface area contributed by atoms with Crippen LogP contribution in [0.25, 0.3) is 11.3 Å². The van der Waals surface area contributed by atoms with Gasteiger partial charge in [0.05, 0.1) is 23.1 Å². The van der Waals surface area contributed by atoms with E-state index in [-0.39, 0.29) is 4.90 Å². The van der Waals surface area contributed by atoms with Crippen molar-refractivity contribution in [3.63, 3.8) is 0 Å². The van der Waals surface area contributed by atoms with Crippen molar-refractivity contribution in [1.82, 2.24) is 9.97 Å². The molecular weight excluding hydrogens is 214 g/mol. The lowest BCUT2D eigenvalue weighted by Crippen LogP contribution is -2.11. The lowest BCUT2D eigenvalue weighted by Gasteiger charge is -1.99. The van der Waals surface area contributed by atoms with Gasteiger partial charge in [-0.3, -0.25) is 0 Å². The molecule has 1 heterocycles. The van der Waals surface area contributed by atoms with Crippen LogP contribution in [-0.4, -0.2) is 18.4 Å². The first-order chi connectivity index (χ1) is 7.07. The highest BCUT2D eigenvalue weighted by atomic mass is 32.2. The number of hydrogen-bond acceptors (Lipinski definition) is 3. The molecule has 6 heteroatoms. The number of aromatic amines is 1. The van der Waals surface area contributed by atoms with Crippen molar-refractivity contribution in [2.45, 2.75) is 4.90 Å². The van der Waals surface area contributed by atoms with E-state index in [1.54, 1.807) is 24.7 Å². The van der Waals surface area contributed by atoms with Gasteiger partial charge in [0.25, 0.3) is 0 Å². The Morgan fingerprint density at radius 2 is 1.87 bits per heavy atom. The van der Waals surface area contributed by atoms with Gasteiger partial charge < -0.3 is 4.98 Å². The van der Waals surface area contributed by atoms with Crippen molar-refractivity contribution in [2.24, 2.45) is 5.14 Å². The molecule has 0 amide bonds. The molecule has 5 nitrogen and oxygen atoms in total. The summed E-state index contributed by atoms with van der Waals surface area (Å²) in [6.07, 6.45) is 3.22. The summed E-state index contributed by atoms with van der Waals surface area (Å²) < 4.78 is 22.0. The van der Waals surface area contributed by atoms with Gasteiger partial charge in [-0.1, -0.05) is 12.1 Å². The van der Waals surface area contributed by atoms with Gasteiger partial charge in [-0.2, -0.15) is 0 Å². The average Bonchev–Trinajstić information content (AvgIpc) is 2.69. The smallest absolute Gasteiger partial charge is 0.238 e. The first kappa shape index (κ1) is 9.88. The van der Waals surface area contributed by atoms with Gasteiger partial charge in [0.2, 0.25) is 10.0 Å². The van der Waals surface area contributed by atoms with E-state index in [1.807, 2.05) is 0 Å². The number of aromatic nitrogens is 2. The Kier molecular flexibility index (Phi) is 2.29. The largest absolute Gasteiger partial charge is 0.345 e. The maximum Gasteiger partial charge on any atom is 0.238 e. The lowest BCUT2D eigenvalue weighted by molar-refractivity contribution is 0.598. The molecular formula is C9H9N3O2S. The molecule has 0 fully saturated rings. The summed E-state index contributed by atoms with van der Waals surface area (Å²) in [4.78, 5) is 6.89. The zero-order valence-electron chi connectivity index (χ0n) is 7.71. The van der Waals surface area contributed by atoms with Crippen molar-refractivity contribution >= 4 is 10.0 Å². The van der Waals surface area contributed by atoms with E-state index in [0.717, 1.165) is 11.3 Å². The van der Waals surface area contributed by atoms with Crippen molar-refractivity contribution in [3.05, 3.63) is 36.8 Å². The van der Waals surface area contributed by atoms with Gasteiger partial charge in [0.15, 0.2) is 0 Å². The van der Waals surface area contributed by atoms with Crippen molar-refractivity contribution in [3.8, 4) is 11.3 Å². The molecule has 0 atom stereocenters.